The molecule has 4 nitrogen and oxygen atoms in total. The Morgan fingerprint density at radius 2 is 2.05 bits per heavy atom. The van der Waals surface area contributed by atoms with Crippen molar-refractivity contribution in [3.63, 3.8) is 0 Å². The van der Waals surface area contributed by atoms with Crippen LogP contribution < -0.4 is 0 Å². The number of aryl methyl sites for hydroxylation is 1. The molecule has 0 bridgehead atoms. The van der Waals surface area contributed by atoms with Crippen molar-refractivity contribution in [3.8, 4) is 0 Å². The largest absolute Gasteiger partial charge is 0.245 e. The van der Waals surface area contributed by atoms with Crippen LogP contribution in [0.3, 0.4) is 0 Å². The molecule has 0 aliphatic carbocycles. The Labute approximate surface area is 128 Å². The predicted octanol–water partition coefficient (Wildman–Crippen LogP) is 3.50. The summed E-state index contributed by atoms with van der Waals surface area (Å²) in [5, 5.41) is 11.7. The summed E-state index contributed by atoms with van der Waals surface area (Å²) < 4.78 is 1.87. The molecule has 0 fully saturated rings. The fourth-order valence-corrected chi connectivity index (χ4v) is 3.09. The Morgan fingerprint density at radius 3 is 2.76 bits per heavy atom. The van der Waals surface area contributed by atoms with Gasteiger partial charge in [-0.25, -0.2) is 9.67 Å². The van der Waals surface area contributed by atoms with Crippen molar-refractivity contribution in [1.82, 2.24) is 20.0 Å². The highest BCUT2D eigenvalue weighted by Gasteiger charge is 2.12. The quantitative estimate of drug-likeness (QED) is 0.724. The number of benzene rings is 1. The van der Waals surface area contributed by atoms with E-state index in [0.29, 0.717) is 6.54 Å². The molecule has 0 radical (unpaired) electrons. The molecular weight excluding hydrogens is 280 g/mol. The van der Waals surface area contributed by atoms with Crippen LogP contribution in [0, 0.1) is 0 Å². The van der Waals surface area contributed by atoms with Crippen molar-refractivity contribution < 1.29 is 0 Å². The van der Waals surface area contributed by atoms with Crippen LogP contribution in [0.4, 0.5) is 0 Å². The number of hydrogen-bond acceptors (Lipinski definition) is 4. The minimum absolute atomic E-state index is 0.252. The van der Waals surface area contributed by atoms with Crippen molar-refractivity contribution in [2.24, 2.45) is 0 Å². The average molecular weight is 298 g/mol. The molecule has 1 atom stereocenters. The van der Waals surface area contributed by atoms with Crippen LogP contribution >= 0.6 is 11.3 Å². The van der Waals surface area contributed by atoms with Crippen molar-refractivity contribution in [1.29, 1.82) is 0 Å². The first kappa shape index (κ1) is 13.9. The summed E-state index contributed by atoms with van der Waals surface area (Å²) in [6.45, 7) is 4.97. The average Bonchev–Trinajstić information content (AvgIpc) is 3.17. The first-order chi connectivity index (χ1) is 10.3. The monoisotopic (exact) mass is 298 g/mol. The third kappa shape index (κ3) is 3.19. The van der Waals surface area contributed by atoms with Gasteiger partial charge in [0.2, 0.25) is 0 Å². The fourth-order valence-electron chi connectivity index (χ4n) is 2.22. The zero-order valence-corrected chi connectivity index (χ0v) is 13.0. The number of aromatic nitrogens is 4. The van der Waals surface area contributed by atoms with Crippen molar-refractivity contribution in [2.75, 3.05) is 0 Å². The maximum Gasteiger partial charge on any atom is 0.114 e. The number of rotatable bonds is 5. The summed E-state index contributed by atoms with van der Waals surface area (Å²) in [5.41, 5.74) is 3.40. The third-order valence-electron chi connectivity index (χ3n) is 3.56. The molecule has 1 aromatic carbocycles. The van der Waals surface area contributed by atoms with Gasteiger partial charge in [-0.15, -0.1) is 16.4 Å². The maximum absolute atomic E-state index is 4.57. The molecule has 0 spiro atoms. The molecule has 0 aliphatic heterocycles. The molecule has 3 aromatic rings. The van der Waals surface area contributed by atoms with Gasteiger partial charge in [0.15, 0.2) is 0 Å². The van der Waals surface area contributed by atoms with Gasteiger partial charge in [-0.2, -0.15) is 0 Å². The Balaban J connectivity index is 1.74. The molecule has 5 heteroatoms. The lowest BCUT2D eigenvalue weighted by Crippen LogP contribution is -2.00. The van der Waals surface area contributed by atoms with Gasteiger partial charge in [0.25, 0.3) is 0 Å². The summed E-state index contributed by atoms with van der Waals surface area (Å²) in [7, 11) is 0. The van der Waals surface area contributed by atoms with Gasteiger partial charge in [-0.3, -0.25) is 0 Å². The molecule has 0 saturated carbocycles. The summed E-state index contributed by atoms with van der Waals surface area (Å²) in [6.07, 6.45) is 2.99. The van der Waals surface area contributed by atoms with Crippen LogP contribution in [0.15, 0.2) is 41.9 Å². The highest BCUT2D eigenvalue weighted by Crippen LogP contribution is 2.21. The maximum atomic E-state index is 4.57. The van der Waals surface area contributed by atoms with Crippen LogP contribution in [0.25, 0.3) is 0 Å². The van der Waals surface area contributed by atoms with E-state index in [1.54, 1.807) is 11.3 Å². The molecular formula is C16H18N4S. The zero-order chi connectivity index (χ0) is 14.7. The molecule has 108 valence electrons. The second-order valence-corrected chi connectivity index (χ2v) is 6.00. The smallest absolute Gasteiger partial charge is 0.114 e. The van der Waals surface area contributed by atoms with Crippen LogP contribution in [-0.4, -0.2) is 20.0 Å². The van der Waals surface area contributed by atoms with Crippen LogP contribution in [0.2, 0.25) is 0 Å². The van der Waals surface area contributed by atoms with Crippen LogP contribution in [-0.2, 0) is 13.0 Å². The number of nitrogens with zero attached hydrogens (tertiary/aromatic N) is 4. The molecule has 0 aliphatic rings. The van der Waals surface area contributed by atoms with Crippen molar-refractivity contribution in [2.45, 2.75) is 32.7 Å². The molecule has 0 unspecified atom stereocenters. The minimum atomic E-state index is 0.252. The Kier molecular flexibility index (Phi) is 4.10. The molecule has 2 aromatic heterocycles. The summed E-state index contributed by atoms with van der Waals surface area (Å²) in [4.78, 5) is 4.57. The summed E-state index contributed by atoms with van der Waals surface area (Å²) >= 11 is 1.68. The predicted molar refractivity (Wildman–Crippen MR) is 84.6 cm³/mol. The van der Waals surface area contributed by atoms with E-state index in [1.807, 2.05) is 16.9 Å². The molecule has 3 rings (SSSR count). The van der Waals surface area contributed by atoms with Gasteiger partial charge < -0.3 is 0 Å². The van der Waals surface area contributed by atoms with Gasteiger partial charge >= 0.3 is 0 Å². The lowest BCUT2D eigenvalue weighted by atomic mass is 9.99. The van der Waals surface area contributed by atoms with E-state index in [1.165, 1.54) is 5.56 Å². The molecule has 0 saturated heterocycles. The standard InChI is InChI=1S/C16H18N4S/c1-3-14-11-21-16(17-14)10-20-9-15(18-19-20)12(2)13-7-5-4-6-8-13/h4-9,11-12H,3,10H2,1-2H3/t12-/m1/s1. The van der Waals surface area contributed by atoms with Gasteiger partial charge in [-0.05, 0) is 12.0 Å². The van der Waals surface area contributed by atoms with Gasteiger partial charge in [0.05, 0.1) is 17.9 Å². The lowest BCUT2D eigenvalue weighted by Gasteiger charge is -2.07. The normalized spacial score (nSPS) is 12.5. The van der Waals surface area contributed by atoms with Crippen molar-refractivity contribution >= 4 is 11.3 Å². The van der Waals surface area contributed by atoms with Crippen LogP contribution in [0.1, 0.15) is 41.7 Å². The van der Waals surface area contributed by atoms with E-state index >= 15 is 0 Å². The molecule has 0 N–H and O–H groups in total. The number of hydrogen-bond donors (Lipinski definition) is 0. The molecule has 21 heavy (non-hydrogen) atoms. The first-order valence-electron chi connectivity index (χ1n) is 7.14. The van der Waals surface area contributed by atoms with E-state index < -0.39 is 0 Å². The highest BCUT2D eigenvalue weighted by atomic mass is 32.1. The fraction of sp³-hybridized carbons (Fsp3) is 0.312. The highest BCUT2D eigenvalue weighted by molar-refractivity contribution is 7.09. The van der Waals surface area contributed by atoms with E-state index in [4.69, 9.17) is 0 Å². The van der Waals surface area contributed by atoms with Gasteiger partial charge in [-0.1, -0.05) is 49.4 Å². The minimum Gasteiger partial charge on any atom is -0.245 e. The summed E-state index contributed by atoms with van der Waals surface area (Å²) in [5.74, 6) is 0.252. The Hall–Kier alpha value is -2.01. The third-order valence-corrected chi connectivity index (χ3v) is 4.44. The van der Waals surface area contributed by atoms with E-state index in [0.717, 1.165) is 22.8 Å². The summed E-state index contributed by atoms with van der Waals surface area (Å²) in [6, 6.07) is 10.4. The molecule has 0 amide bonds. The van der Waals surface area contributed by atoms with E-state index in [9.17, 15) is 0 Å². The van der Waals surface area contributed by atoms with Crippen molar-refractivity contribution in [3.05, 3.63) is 63.9 Å². The zero-order valence-electron chi connectivity index (χ0n) is 12.2. The second-order valence-electron chi connectivity index (χ2n) is 5.06. The Bertz CT molecular complexity index is 702. The number of thiazole rings is 1. The van der Waals surface area contributed by atoms with Gasteiger partial charge in [0.1, 0.15) is 5.01 Å². The molecule has 2 heterocycles. The topological polar surface area (TPSA) is 43.6 Å². The first-order valence-corrected chi connectivity index (χ1v) is 8.02. The van der Waals surface area contributed by atoms with E-state index in [-0.39, 0.29) is 5.92 Å². The van der Waals surface area contributed by atoms with E-state index in [2.05, 4.69) is 58.8 Å². The van der Waals surface area contributed by atoms with Gasteiger partial charge in [0, 0.05) is 17.5 Å². The second kappa shape index (κ2) is 6.18. The van der Waals surface area contributed by atoms with Crippen LogP contribution in [0.5, 0.6) is 0 Å². The SMILES string of the molecule is CCc1csc(Cn2cc([C@H](C)c3ccccc3)nn2)n1. The lowest BCUT2D eigenvalue weighted by molar-refractivity contribution is 0.645. The Morgan fingerprint density at radius 1 is 1.24 bits per heavy atom.